The predicted molar refractivity (Wildman–Crippen MR) is 55.8 cm³/mol. The van der Waals surface area contributed by atoms with Crippen molar-refractivity contribution in [3.05, 3.63) is 30.1 Å². The lowest BCUT2D eigenvalue weighted by Crippen LogP contribution is -2.53. The Morgan fingerprint density at radius 2 is 2.19 bits per heavy atom. The molecule has 0 aliphatic carbocycles. The van der Waals surface area contributed by atoms with Crippen molar-refractivity contribution < 1.29 is 19.0 Å². The minimum Gasteiger partial charge on any atom is -0.481 e. The highest BCUT2D eigenvalue weighted by Crippen LogP contribution is 2.28. The molecular weight excluding hydrogens is 213 g/mol. The summed E-state index contributed by atoms with van der Waals surface area (Å²) in [6.07, 6.45) is 0. The quantitative estimate of drug-likeness (QED) is 0.811. The molecule has 1 fully saturated rings. The average molecular weight is 225 g/mol. The summed E-state index contributed by atoms with van der Waals surface area (Å²) in [4.78, 5) is 11.0. The number of para-hydroxylation sites is 1. The number of ether oxygens (including phenoxy) is 1. The normalized spacial score (nSPS) is 17.6. The van der Waals surface area contributed by atoms with Crippen LogP contribution in [-0.2, 0) is 9.53 Å². The van der Waals surface area contributed by atoms with Crippen LogP contribution in [0.2, 0.25) is 0 Å². The van der Waals surface area contributed by atoms with Crippen molar-refractivity contribution in [2.75, 3.05) is 25.1 Å². The summed E-state index contributed by atoms with van der Waals surface area (Å²) in [7, 11) is 0. The van der Waals surface area contributed by atoms with E-state index in [0.29, 0.717) is 5.69 Å². The van der Waals surface area contributed by atoms with Gasteiger partial charge in [-0.3, -0.25) is 4.79 Å². The number of carboxylic acid groups (broad SMARTS) is 1. The summed E-state index contributed by atoms with van der Waals surface area (Å²) in [6.45, 7) is 0.511. The second kappa shape index (κ2) is 4.09. The Kier molecular flexibility index (Phi) is 2.78. The Balaban J connectivity index is 2.02. The Morgan fingerprint density at radius 3 is 2.69 bits per heavy atom. The molecule has 0 unspecified atom stereocenters. The number of carbonyl (C=O) groups is 1. The first-order chi connectivity index (χ1) is 7.64. The molecule has 1 aromatic rings. The lowest BCUT2D eigenvalue weighted by Gasteiger charge is -2.37. The van der Waals surface area contributed by atoms with Gasteiger partial charge in [-0.05, 0) is 12.1 Å². The number of rotatable bonds is 4. The van der Waals surface area contributed by atoms with Gasteiger partial charge in [0, 0.05) is 6.54 Å². The summed E-state index contributed by atoms with van der Waals surface area (Å²) in [6, 6.07) is 6.17. The number of hydrogen-bond donors (Lipinski definition) is 2. The molecule has 0 bridgehead atoms. The van der Waals surface area contributed by atoms with Crippen molar-refractivity contribution in [1.29, 1.82) is 0 Å². The summed E-state index contributed by atoms with van der Waals surface area (Å²) in [5, 5.41) is 11.8. The van der Waals surface area contributed by atoms with Crippen LogP contribution in [0.1, 0.15) is 0 Å². The van der Waals surface area contributed by atoms with Gasteiger partial charge >= 0.3 is 5.97 Å². The fraction of sp³-hybridized carbons (Fsp3) is 0.364. The number of halogens is 1. The number of nitrogens with one attached hydrogen (secondary N) is 1. The van der Waals surface area contributed by atoms with Crippen LogP contribution >= 0.6 is 0 Å². The molecule has 2 N–H and O–H groups in total. The van der Waals surface area contributed by atoms with Crippen LogP contribution in [-0.4, -0.2) is 30.8 Å². The molecule has 1 saturated heterocycles. The number of benzene rings is 1. The Bertz CT molecular complexity index is 404. The zero-order valence-corrected chi connectivity index (χ0v) is 8.57. The van der Waals surface area contributed by atoms with Crippen molar-refractivity contribution in [1.82, 2.24) is 0 Å². The fourth-order valence-electron chi connectivity index (χ4n) is 1.52. The van der Waals surface area contributed by atoms with E-state index in [2.05, 4.69) is 5.32 Å². The Labute approximate surface area is 92.0 Å². The average Bonchev–Trinajstić information content (AvgIpc) is 2.18. The van der Waals surface area contributed by atoms with Gasteiger partial charge in [-0.25, -0.2) is 4.39 Å². The van der Waals surface area contributed by atoms with E-state index in [-0.39, 0.29) is 25.6 Å². The molecule has 16 heavy (non-hydrogen) atoms. The molecule has 0 spiro atoms. The van der Waals surface area contributed by atoms with Crippen LogP contribution in [0.5, 0.6) is 0 Å². The highest BCUT2D eigenvalue weighted by molar-refractivity contribution is 5.77. The van der Waals surface area contributed by atoms with Crippen molar-refractivity contribution in [3.8, 4) is 0 Å². The standard InChI is InChI=1S/C11H12FNO3/c12-8-3-1-2-4-9(8)13-5-11(10(14)15)6-16-7-11/h1-4,13H,5-7H2,(H,14,15). The van der Waals surface area contributed by atoms with Crippen LogP contribution in [0.3, 0.4) is 0 Å². The highest BCUT2D eigenvalue weighted by Gasteiger charge is 2.46. The van der Waals surface area contributed by atoms with Gasteiger partial charge in [0.15, 0.2) is 0 Å². The molecule has 1 aliphatic rings. The van der Waals surface area contributed by atoms with Gasteiger partial charge in [0.05, 0.1) is 18.9 Å². The van der Waals surface area contributed by atoms with E-state index in [1.807, 2.05) is 0 Å². The minimum atomic E-state index is -0.914. The molecular formula is C11H12FNO3. The van der Waals surface area contributed by atoms with Gasteiger partial charge in [-0.15, -0.1) is 0 Å². The summed E-state index contributed by atoms with van der Waals surface area (Å²) >= 11 is 0. The second-order valence-corrected chi connectivity index (χ2v) is 3.91. The topological polar surface area (TPSA) is 58.6 Å². The molecule has 0 amide bonds. The predicted octanol–water partition coefficient (Wildman–Crippen LogP) is 1.34. The molecule has 1 aliphatic heterocycles. The van der Waals surface area contributed by atoms with Crippen molar-refractivity contribution in [3.63, 3.8) is 0 Å². The molecule has 1 aromatic carbocycles. The van der Waals surface area contributed by atoms with E-state index >= 15 is 0 Å². The molecule has 0 saturated carbocycles. The third kappa shape index (κ3) is 1.86. The maximum atomic E-state index is 13.2. The molecule has 4 nitrogen and oxygen atoms in total. The molecule has 86 valence electrons. The Hall–Kier alpha value is -1.62. The maximum Gasteiger partial charge on any atom is 0.316 e. The first kappa shape index (κ1) is 10.9. The first-order valence-corrected chi connectivity index (χ1v) is 4.94. The molecule has 0 radical (unpaired) electrons. The fourth-order valence-corrected chi connectivity index (χ4v) is 1.52. The molecule has 2 rings (SSSR count). The van der Waals surface area contributed by atoms with Gasteiger partial charge in [-0.1, -0.05) is 12.1 Å². The van der Waals surface area contributed by atoms with Crippen molar-refractivity contribution >= 4 is 11.7 Å². The van der Waals surface area contributed by atoms with E-state index in [1.54, 1.807) is 18.2 Å². The van der Waals surface area contributed by atoms with E-state index < -0.39 is 11.4 Å². The molecule has 0 aromatic heterocycles. The van der Waals surface area contributed by atoms with E-state index in [1.165, 1.54) is 6.07 Å². The number of anilines is 1. The number of carboxylic acids is 1. The lowest BCUT2D eigenvalue weighted by molar-refractivity contribution is -0.176. The van der Waals surface area contributed by atoms with Crippen LogP contribution in [0.4, 0.5) is 10.1 Å². The van der Waals surface area contributed by atoms with Gasteiger partial charge < -0.3 is 15.2 Å². The second-order valence-electron chi connectivity index (χ2n) is 3.91. The van der Waals surface area contributed by atoms with Crippen LogP contribution in [0.15, 0.2) is 24.3 Å². The first-order valence-electron chi connectivity index (χ1n) is 4.94. The Morgan fingerprint density at radius 1 is 1.50 bits per heavy atom. The van der Waals surface area contributed by atoms with Gasteiger partial charge in [-0.2, -0.15) is 0 Å². The lowest BCUT2D eigenvalue weighted by atomic mass is 9.86. The van der Waals surface area contributed by atoms with Crippen LogP contribution in [0, 0.1) is 11.2 Å². The summed E-state index contributed by atoms with van der Waals surface area (Å²) in [5.74, 6) is -1.30. The van der Waals surface area contributed by atoms with Crippen molar-refractivity contribution in [2.45, 2.75) is 0 Å². The highest BCUT2D eigenvalue weighted by atomic mass is 19.1. The minimum absolute atomic E-state index is 0.170. The largest absolute Gasteiger partial charge is 0.481 e. The third-order valence-electron chi connectivity index (χ3n) is 2.70. The summed E-state index contributed by atoms with van der Waals surface area (Å²) in [5.41, 5.74) is -0.600. The third-order valence-corrected chi connectivity index (χ3v) is 2.70. The monoisotopic (exact) mass is 225 g/mol. The zero-order chi connectivity index (χ0) is 11.6. The molecule has 5 heteroatoms. The summed E-state index contributed by atoms with van der Waals surface area (Å²) < 4.78 is 18.2. The van der Waals surface area contributed by atoms with E-state index in [9.17, 15) is 9.18 Å². The molecule has 0 atom stereocenters. The smallest absolute Gasteiger partial charge is 0.316 e. The van der Waals surface area contributed by atoms with E-state index in [4.69, 9.17) is 9.84 Å². The van der Waals surface area contributed by atoms with Gasteiger partial charge in [0.2, 0.25) is 0 Å². The van der Waals surface area contributed by atoms with Gasteiger partial charge in [0.1, 0.15) is 11.2 Å². The van der Waals surface area contributed by atoms with Crippen LogP contribution in [0.25, 0.3) is 0 Å². The van der Waals surface area contributed by atoms with Gasteiger partial charge in [0.25, 0.3) is 0 Å². The number of hydrogen-bond acceptors (Lipinski definition) is 3. The van der Waals surface area contributed by atoms with E-state index in [0.717, 1.165) is 0 Å². The maximum absolute atomic E-state index is 13.2. The SMILES string of the molecule is O=C(O)C1(CNc2ccccc2F)COC1. The zero-order valence-electron chi connectivity index (χ0n) is 8.57. The molecule has 1 heterocycles. The number of aliphatic carboxylic acids is 1. The van der Waals surface area contributed by atoms with Crippen LogP contribution < -0.4 is 5.32 Å². The van der Waals surface area contributed by atoms with Crippen molar-refractivity contribution in [2.24, 2.45) is 5.41 Å².